The molecular weight excluding hydrogens is 504 g/mol. The van der Waals surface area contributed by atoms with E-state index in [4.69, 9.17) is 18.0 Å². The van der Waals surface area contributed by atoms with E-state index in [1.54, 1.807) is 0 Å². The van der Waals surface area contributed by atoms with Crippen LogP contribution in [0.25, 0.3) is 32.3 Å². The summed E-state index contributed by atoms with van der Waals surface area (Å²) in [6, 6.07) is 6.64. The lowest BCUT2D eigenvalue weighted by molar-refractivity contribution is 0.480. The molecular formula is C17H12N2O9S4. The first-order valence-corrected chi connectivity index (χ1v) is 13.1. The Kier molecular flexibility index (Phi) is 4.87. The van der Waals surface area contributed by atoms with E-state index in [1.165, 1.54) is 18.2 Å². The van der Waals surface area contributed by atoms with Crippen LogP contribution in [-0.2, 0) is 30.4 Å². The third-order valence-corrected chi connectivity index (χ3v) is 7.66. The average molecular weight is 517 g/mol. The van der Waals surface area contributed by atoms with Crippen LogP contribution in [0.2, 0.25) is 0 Å². The van der Waals surface area contributed by atoms with Gasteiger partial charge in [0.25, 0.3) is 30.4 Å². The Bertz CT molecular complexity index is 1740. The molecule has 0 saturated heterocycles. The van der Waals surface area contributed by atoms with E-state index in [9.17, 15) is 38.9 Å². The fourth-order valence-corrected chi connectivity index (χ4v) is 6.10. The fourth-order valence-electron chi connectivity index (χ4n) is 3.77. The Labute approximate surface area is 186 Å². The quantitative estimate of drug-likeness (QED) is 0.150. The number of nitrogens with one attached hydrogen (secondary N) is 1. The van der Waals surface area contributed by atoms with Crippen LogP contribution in [0.3, 0.4) is 0 Å². The summed E-state index contributed by atoms with van der Waals surface area (Å²) in [5, 5.41) is 2.09. The maximum atomic E-state index is 12.1. The molecule has 0 unspecified atom stereocenters. The van der Waals surface area contributed by atoms with Crippen molar-refractivity contribution in [2.45, 2.75) is 14.7 Å². The topological polar surface area (TPSA) is 201 Å². The lowest BCUT2D eigenvalue weighted by Crippen LogP contribution is -2.19. The van der Waals surface area contributed by atoms with Gasteiger partial charge in [-0.2, -0.15) is 25.3 Å². The highest BCUT2D eigenvalue weighted by molar-refractivity contribution is 7.87. The van der Waals surface area contributed by atoms with Crippen molar-refractivity contribution in [2.24, 2.45) is 5.73 Å². The van der Waals surface area contributed by atoms with E-state index < -0.39 is 45.0 Å². The Balaban J connectivity index is 2.43. The molecule has 0 heterocycles. The molecule has 6 N–H and O–H groups in total. The van der Waals surface area contributed by atoms with Gasteiger partial charge in [-0.05, 0) is 24.4 Å². The summed E-state index contributed by atoms with van der Waals surface area (Å²) < 4.78 is 101. The van der Waals surface area contributed by atoms with E-state index in [0.29, 0.717) is 6.07 Å². The molecule has 0 amide bonds. The molecule has 11 nitrogen and oxygen atoms in total. The minimum Gasteiger partial charge on any atom is -0.376 e. The summed E-state index contributed by atoms with van der Waals surface area (Å²) in [5.74, 6) is 0. The van der Waals surface area contributed by atoms with E-state index >= 15 is 0 Å². The van der Waals surface area contributed by atoms with Crippen molar-refractivity contribution in [1.82, 2.24) is 0 Å². The van der Waals surface area contributed by atoms with Gasteiger partial charge in [0.15, 0.2) is 5.11 Å². The van der Waals surface area contributed by atoms with E-state index in [1.807, 2.05) is 0 Å². The Morgan fingerprint density at radius 2 is 1.03 bits per heavy atom. The predicted octanol–water partition coefficient (Wildman–Crippen LogP) is 1.98. The smallest absolute Gasteiger partial charge is 0.295 e. The number of benzene rings is 4. The van der Waals surface area contributed by atoms with Crippen LogP contribution in [0.1, 0.15) is 0 Å². The number of hydrogen-bond donors (Lipinski definition) is 5. The summed E-state index contributed by atoms with van der Waals surface area (Å²) in [4.78, 5) is -2.25. The van der Waals surface area contributed by atoms with Crippen LogP contribution < -0.4 is 11.1 Å². The van der Waals surface area contributed by atoms with Crippen molar-refractivity contribution < 1.29 is 38.9 Å². The first kappa shape index (κ1) is 22.5. The molecule has 0 atom stereocenters. The van der Waals surface area contributed by atoms with Gasteiger partial charge in [0, 0.05) is 38.0 Å². The number of hydrogen-bond acceptors (Lipinski definition) is 7. The van der Waals surface area contributed by atoms with Crippen LogP contribution in [-0.4, -0.2) is 44.0 Å². The van der Waals surface area contributed by atoms with Crippen LogP contribution in [0, 0.1) is 0 Å². The lowest BCUT2D eigenvalue weighted by atomic mass is 9.93. The van der Waals surface area contributed by atoms with Gasteiger partial charge in [-0.1, -0.05) is 24.3 Å². The standard InChI is InChI=1S/C17H12N2O9S4/c18-17(29)19-11-5-12(30(20,21)22)8-3-4-10-14(32(26,27)28)6-13(31(23,24)25)9-2-1-7(11)15(8)16(9)10/h1-6H,(H3,18,19,29)(H,20,21,22)(H,23,24,25)(H,26,27,28). The van der Waals surface area contributed by atoms with Gasteiger partial charge in [-0.25, -0.2) is 0 Å². The zero-order valence-electron chi connectivity index (χ0n) is 15.5. The highest BCUT2D eigenvalue weighted by Crippen LogP contribution is 2.44. The van der Waals surface area contributed by atoms with E-state index in [2.05, 4.69) is 5.32 Å². The van der Waals surface area contributed by atoms with Gasteiger partial charge in [-0.3, -0.25) is 13.7 Å². The summed E-state index contributed by atoms with van der Waals surface area (Å²) in [5.41, 5.74) is 5.53. The second kappa shape index (κ2) is 6.92. The van der Waals surface area contributed by atoms with E-state index in [-0.39, 0.29) is 43.1 Å². The second-order valence-electron chi connectivity index (χ2n) is 6.78. The summed E-state index contributed by atoms with van der Waals surface area (Å²) in [6.45, 7) is 0. The normalized spacial score (nSPS) is 13.2. The fraction of sp³-hybridized carbons (Fsp3) is 0. The summed E-state index contributed by atoms with van der Waals surface area (Å²) in [7, 11) is -14.8. The average Bonchev–Trinajstić information content (AvgIpc) is 2.63. The monoisotopic (exact) mass is 516 g/mol. The van der Waals surface area contributed by atoms with Crippen LogP contribution >= 0.6 is 12.2 Å². The molecule has 168 valence electrons. The maximum Gasteiger partial charge on any atom is 0.295 e. The van der Waals surface area contributed by atoms with Crippen molar-refractivity contribution in [3.63, 3.8) is 0 Å². The second-order valence-corrected chi connectivity index (χ2v) is 11.4. The van der Waals surface area contributed by atoms with Crippen molar-refractivity contribution in [1.29, 1.82) is 0 Å². The first-order chi connectivity index (χ1) is 14.6. The highest BCUT2D eigenvalue weighted by Gasteiger charge is 2.27. The van der Waals surface area contributed by atoms with Gasteiger partial charge >= 0.3 is 0 Å². The highest BCUT2D eigenvalue weighted by atomic mass is 32.2. The molecule has 0 spiro atoms. The van der Waals surface area contributed by atoms with Gasteiger partial charge in [0.05, 0.1) is 0 Å². The number of thiocarbonyl (C=S) groups is 1. The van der Waals surface area contributed by atoms with E-state index in [0.717, 1.165) is 12.1 Å². The molecule has 0 bridgehead atoms. The summed E-state index contributed by atoms with van der Waals surface area (Å²) in [6.07, 6.45) is 0. The molecule has 0 aromatic heterocycles. The Hall–Kier alpha value is -2.66. The zero-order chi connectivity index (χ0) is 23.8. The molecule has 4 aromatic carbocycles. The van der Waals surface area contributed by atoms with Gasteiger partial charge < -0.3 is 11.1 Å². The minimum atomic E-state index is -4.98. The molecule has 0 aliphatic heterocycles. The lowest BCUT2D eigenvalue weighted by Gasteiger charge is -2.19. The molecule has 4 aromatic rings. The number of rotatable bonds is 4. The van der Waals surface area contributed by atoms with Crippen LogP contribution in [0.5, 0.6) is 0 Å². The largest absolute Gasteiger partial charge is 0.376 e. The van der Waals surface area contributed by atoms with Gasteiger partial charge in [0.1, 0.15) is 14.7 Å². The summed E-state index contributed by atoms with van der Waals surface area (Å²) >= 11 is 4.80. The molecule has 15 heteroatoms. The number of anilines is 1. The molecule has 0 radical (unpaired) electrons. The molecule has 0 aliphatic carbocycles. The molecule has 32 heavy (non-hydrogen) atoms. The molecule has 0 aliphatic rings. The minimum absolute atomic E-state index is 0.0178. The SMILES string of the molecule is NC(=S)Nc1cc(S(=O)(=O)O)c2ccc3c(S(=O)(=O)O)cc(S(=O)(=O)O)c4ccc1c2c43. The van der Waals surface area contributed by atoms with Crippen molar-refractivity contribution in [3.8, 4) is 0 Å². The molecule has 4 rings (SSSR count). The predicted molar refractivity (Wildman–Crippen MR) is 120 cm³/mol. The Morgan fingerprint density at radius 1 is 0.688 bits per heavy atom. The van der Waals surface area contributed by atoms with Crippen molar-refractivity contribution >= 4 is 85.7 Å². The van der Waals surface area contributed by atoms with Crippen LogP contribution in [0.4, 0.5) is 5.69 Å². The van der Waals surface area contributed by atoms with Gasteiger partial charge in [0.2, 0.25) is 0 Å². The van der Waals surface area contributed by atoms with Crippen molar-refractivity contribution in [3.05, 3.63) is 36.4 Å². The first-order valence-electron chi connectivity index (χ1n) is 8.38. The maximum absolute atomic E-state index is 12.1. The third kappa shape index (κ3) is 3.53. The van der Waals surface area contributed by atoms with Crippen LogP contribution in [0.15, 0.2) is 51.1 Å². The Morgan fingerprint density at radius 3 is 1.41 bits per heavy atom. The molecule has 0 saturated carbocycles. The number of nitrogens with two attached hydrogens (primary N) is 1. The molecule has 0 fully saturated rings. The third-order valence-electron chi connectivity index (χ3n) is 4.88. The van der Waals surface area contributed by atoms with Gasteiger partial charge in [-0.15, -0.1) is 0 Å². The van der Waals surface area contributed by atoms with Crippen molar-refractivity contribution in [2.75, 3.05) is 5.32 Å². The zero-order valence-corrected chi connectivity index (χ0v) is 18.7.